The van der Waals surface area contributed by atoms with Crippen molar-refractivity contribution in [2.45, 2.75) is 32.2 Å². The second-order valence-electron chi connectivity index (χ2n) is 7.63. The number of primary amides is 1. The Hall–Kier alpha value is -3.36. The third kappa shape index (κ3) is 4.61. The maximum Gasteiger partial charge on any atom is 0.254 e. The molecule has 1 aliphatic heterocycles. The van der Waals surface area contributed by atoms with E-state index in [4.69, 9.17) is 5.73 Å². The Labute approximate surface area is 175 Å². The van der Waals surface area contributed by atoms with Gasteiger partial charge in [-0.3, -0.25) is 9.59 Å². The molecular weight excluding hydrogens is 382 g/mol. The van der Waals surface area contributed by atoms with Crippen LogP contribution >= 0.6 is 0 Å². The van der Waals surface area contributed by atoms with Gasteiger partial charge in [0.05, 0.1) is 5.56 Å². The van der Waals surface area contributed by atoms with Gasteiger partial charge in [0.1, 0.15) is 5.82 Å². The van der Waals surface area contributed by atoms with Crippen LogP contribution in [0.1, 0.15) is 36.5 Å². The first-order valence-electron chi connectivity index (χ1n) is 10.4. The number of carbonyl (C=O) groups excluding carboxylic acids is 2. The number of amides is 2. The van der Waals surface area contributed by atoms with Crippen LogP contribution < -0.4 is 21.3 Å². The van der Waals surface area contributed by atoms with Gasteiger partial charge < -0.3 is 26.2 Å². The normalized spacial score (nSPS) is 16.3. The monoisotopic (exact) mass is 409 g/mol. The quantitative estimate of drug-likeness (QED) is 0.640. The lowest BCUT2D eigenvalue weighted by atomic mass is 10.2. The summed E-state index contributed by atoms with van der Waals surface area (Å²) in [5.74, 6) is 0.545. The summed E-state index contributed by atoms with van der Waals surface area (Å²) in [6.07, 6.45) is 4.13. The minimum Gasteiger partial charge on any atom is -0.368 e. The summed E-state index contributed by atoms with van der Waals surface area (Å²) >= 11 is 0. The predicted molar refractivity (Wildman–Crippen MR) is 116 cm³/mol. The van der Waals surface area contributed by atoms with Crippen molar-refractivity contribution in [3.63, 3.8) is 0 Å². The molecule has 0 atom stereocenters. The van der Waals surface area contributed by atoms with Crippen molar-refractivity contribution in [3.8, 4) is 0 Å². The molecule has 2 aliphatic rings. The summed E-state index contributed by atoms with van der Waals surface area (Å²) in [5, 5.41) is 6.41. The SMILES string of the molecule is CCC(=O)N1CCN(c2ccc(Nc3ncc(C(N)=O)c(NC4CC4)n3)cc2)CC1. The first kappa shape index (κ1) is 19.9. The van der Waals surface area contributed by atoms with Crippen LogP contribution in [0, 0.1) is 0 Å². The molecule has 158 valence electrons. The first-order valence-corrected chi connectivity index (χ1v) is 10.4. The first-order chi connectivity index (χ1) is 14.5. The van der Waals surface area contributed by atoms with E-state index < -0.39 is 5.91 Å². The van der Waals surface area contributed by atoms with Gasteiger partial charge in [-0.2, -0.15) is 4.98 Å². The Balaban J connectivity index is 1.40. The zero-order chi connectivity index (χ0) is 21.1. The third-order valence-electron chi connectivity index (χ3n) is 5.40. The van der Waals surface area contributed by atoms with E-state index in [1.165, 1.54) is 6.20 Å². The number of nitrogens with zero attached hydrogens (tertiary/aromatic N) is 4. The molecule has 4 N–H and O–H groups in total. The summed E-state index contributed by atoms with van der Waals surface area (Å²) in [4.78, 5) is 36.3. The van der Waals surface area contributed by atoms with E-state index >= 15 is 0 Å². The molecule has 9 nitrogen and oxygen atoms in total. The van der Waals surface area contributed by atoms with Gasteiger partial charge in [-0.25, -0.2) is 4.98 Å². The lowest BCUT2D eigenvalue weighted by molar-refractivity contribution is -0.131. The molecule has 4 rings (SSSR count). The molecule has 0 spiro atoms. The molecule has 2 aromatic rings. The van der Waals surface area contributed by atoms with Gasteiger partial charge in [0.25, 0.3) is 5.91 Å². The van der Waals surface area contributed by atoms with Crippen molar-refractivity contribution in [1.82, 2.24) is 14.9 Å². The topological polar surface area (TPSA) is 116 Å². The molecule has 2 fully saturated rings. The van der Waals surface area contributed by atoms with Gasteiger partial charge in [-0.05, 0) is 37.1 Å². The standard InChI is InChI=1S/C21H27N7O2/c1-2-18(29)28-11-9-27(10-12-28)16-7-5-15(6-8-16)25-21-23-13-17(19(22)30)20(26-21)24-14-3-4-14/h5-8,13-14H,2-4,9-12H2,1H3,(H2,22,30)(H2,23,24,25,26). The van der Waals surface area contributed by atoms with Gasteiger partial charge >= 0.3 is 0 Å². The van der Waals surface area contributed by atoms with Gasteiger partial charge in [-0.15, -0.1) is 0 Å². The van der Waals surface area contributed by atoms with Crippen molar-refractivity contribution in [3.05, 3.63) is 36.0 Å². The second-order valence-corrected chi connectivity index (χ2v) is 7.63. The Morgan fingerprint density at radius 1 is 1.13 bits per heavy atom. The summed E-state index contributed by atoms with van der Waals surface area (Å²) in [6.45, 7) is 5.06. The molecule has 30 heavy (non-hydrogen) atoms. The molecular formula is C21H27N7O2. The van der Waals surface area contributed by atoms with Crippen molar-refractivity contribution in [1.29, 1.82) is 0 Å². The number of rotatable bonds is 7. The number of hydrogen-bond donors (Lipinski definition) is 3. The molecule has 1 aromatic carbocycles. The molecule has 1 saturated heterocycles. The average molecular weight is 409 g/mol. The van der Waals surface area contributed by atoms with Crippen LogP contribution in [0.5, 0.6) is 0 Å². The van der Waals surface area contributed by atoms with Crippen LogP contribution in [0.3, 0.4) is 0 Å². The largest absolute Gasteiger partial charge is 0.368 e. The van der Waals surface area contributed by atoms with Gasteiger partial charge in [-0.1, -0.05) is 6.92 Å². The maximum atomic E-state index is 11.8. The van der Waals surface area contributed by atoms with Crippen LogP contribution in [0.4, 0.5) is 23.1 Å². The fourth-order valence-electron chi connectivity index (χ4n) is 3.48. The average Bonchev–Trinajstić information content (AvgIpc) is 3.58. The summed E-state index contributed by atoms with van der Waals surface area (Å²) in [7, 11) is 0. The molecule has 2 amide bonds. The molecule has 1 saturated carbocycles. The molecule has 1 aliphatic carbocycles. The second kappa shape index (κ2) is 8.56. The fraction of sp³-hybridized carbons (Fsp3) is 0.429. The molecule has 9 heteroatoms. The van der Waals surface area contributed by atoms with E-state index in [1.807, 2.05) is 36.1 Å². The highest BCUT2D eigenvalue weighted by Gasteiger charge is 2.24. The number of aromatic nitrogens is 2. The van der Waals surface area contributed by atoms with Crippen molar-refractivity contribution in [2.24, 2.45) is 5.73 Å². The molecule has 0 unspecified atom stereocenters. The van der Waals surface area contributed by atoms with Crippen molar-refractivity contribution >= 4 is 35.0 Å². The smallest absolute Gasteiger partial charge is 0.254 e. The number of benzene rings is 1. The summed E-state index contributed by atoms with van der Waals surface area (Å²) in [6, 6.07) is 8.37. The number of hydrogen-bond acceptors (Lipinski definition) is 7. The number of nitrogens with two attached hydrogens (primary N) is 1. The van der Waals surface area contributed by atoms with Crippen LogP contribution in [-0.2, 0) is 4.79 Å². The molecule has 0 radical (unpaired) electrons. The number of nitrogens with one attached hydrogen (secondary N) is 2. The highest BCUT2D eigenvalue weighted by atomic mass is 16.2. The van der Waals surface area contributed by atoms with Crippen molar-refractivity contribution in [2.75, 3.05) is 41.7 Å². The Kier molecular flexibility index (Phi) is 5.69. The summed E-state index contributed by atoms with van der Waals surface area (Å²) < 4.78 is 0. The third-order valence-corrected chi connectivity index (χ3v) is 5.40. The number of anilines is 4. The van der Waals surface area contributed by atoms with E-state index in [0.717, 1.165) is 50.4 Å². The Bertz CT molecular complexity index is 919. The van der Waals surface area contributed by atoms with Crippen LogP contribution in [0.25, 0.3) is 0 Å². The summed E-state index contributed by atoms with van der Waals surface area (Å²) in [5.41, 5.74) is 7.69. The number of piperazine rings is 1. The van der Waals surface area contributed by atoms with E-state index in [0.29, 0.717) is 29.8 Å². The van der Waals surface area contributed by atoms with E-state index in [1.54, 1.807) is 0 Å². The zero-order valence-electron chi connectivity index (χ0n) is 17.1. The van der Waals surface area contributed by atoms with Gasteiger partial charge in [0.2, 0.25) is 11.9 Å². The fourth-order valence-corrected chi connectivity index (χ4v) is 3.48. The molecule has 0 bridgehead atoms. The van der Waals surface area contributed by atoms with Crippen LogP contribution in [0.15, 0.2) is 30.5 Å². The molecule has 2 heterocycles. The Morgan fingerprint density at radius 3 is 2.43 bits per heavy atom. The van der Waals surface area contributed by atoms with E-state index in [-0.39, 0.29) is 5.91 Å². The zero-order valence-corrected chi connectivity index (χ0v) is 17.1. The highest BCUT2D eigenvalue weighted by molar-refractivity contribution is 5.97. The van der Waals surface area contributed by atoms with E-state index in [9.17, 15) is 9.59 Å². The minimum atomic E-state index is -0.546. The highest BCUT2D eigenvalue weighted by Crippen LogP contribution is 2.27. The Morgan fingerprint density at radius 2 is 1.83 bits per heavy atom. The molecule has 1 aromatic heterocycles. The minimum absolute atomic E-state index is 0.215. The van der Waals surface area contributed by atoms with Crippen LogP contribution in [0.2, 0.25) is 0 Å². The van der Waals surface area contributed by atoms with Gasteiger partial charge in [0, 0.05) is 56.2 Å². The van der Waals surface area contributed by atoms with E-state index in [2.05, 4.69) is 25.5 Å². The van der Waals surface area contributed by atoms with Gasteiger partial charge in [0.15, 0.2) is 0 Å². The number of carbonyl (C=O) groups is 2. The lowest BCUT2D eigenvalue weighted by Gasteiger charge is -2.36. The lowest BCUT2D eigenvalue weighted by Crippen LogP contribution is -2.48. The van der Waals surface area contributed by atoms with Crippen molar-refractivity contribution < 1.29 is 9.59 Å². The predicted octanol–water partition coefficient (Wildman–Crippen LogP) is 1.95. The maximum absolute atomic E-state index is 11.8. The van der Waals surface area contributed by atoms with Crippen LogP contribution in [-0.4, -0.2) is 58.9 Å².